The first-order valence-electron chi connectivity index (χ1n) is 11.5. The summed E-state index contributed by atoms with van der Waals surface area (Å²) in [6, 6.07) is 11.5. The maximum absolute atomic E-state index is 12.8. The van der Waals surface area contributed by atoms with Crippen molar-refractivity contribution in [3.05, 3.63) is 66.6 Å². The Hall–Kier alpha value is -3.72. The first-order chi connectivity index (χ1) is 16.4. The van der Waals surface area contributed by atoms with Crippen LogP contribution in [0.3, 0.4) is 0 Å². The molecule has 9 nitrogen and oxygen atoms in total. The number of carbonyl (C=O) groups is 3. The molecule has 1 aliphatic heterocycles. The SMILES string of the molecule is C[C@@H](NC(=O)[C@@H](N)c1ccccc1)C(=O)N1CCN(C(=O)CCn2ccc3ccncc32)CC1. The average molecular weight is 463 g/mol. The first-order valence-corrected chi connectivity index (χ1v) is 11.5. The third kappa shape index (κ3) is 5.26. The minimum atomic E-state index is -0.834. The second-order valence-corrected chi connectivity index (χ2v) is 8.52. The zero-order valence-electron chi connectivity index (χ0n) is 19.3. The summed E-state index contributed by atoms with van der Waals surface area (Å²) in [6.07, 6.45) is 5.91. The summed E-state index contributed by atoms with van der Waals surface area (Å²) in [5, 5.41) is 3.81. The molecule has 3 amide bonds. The molecule has 3 aromatic rings. The molecule has 0 saturated carbocycles. The van der Waals surface area contributed by atoms with Gasteiger partial charge in [-0.3, -0.25) is 19.4 Å². The standard InChI is InChI=1S/C25H30N6O3/c1-18(28-24(33)23(26)20-5-3-2-4-6-20)25(34)31-15-13-30(14-16-31)22(32)9-12-29-11-8-19-7-10-27-17-21(19)29/h2-8,10-11,17-18,23H,9,12-16,26H2,1H3,(H,28,33)/t18-,23+/m1/s1. The Balaban J connectivity index is 1.23. The Labute approximate surface area is 198 Å². The average Bonchev–Trinajstić information content (AvgIpc) is 3.30. The van der Waals surface area contributed by atoms with E-state index in [1.807, 2.05) is 41.1 Å². The summed E-state index contributed by atoms with van der Waals surface area (Å²) >= 11 is 0. The van der Waals surface area contributed by atoms with Crippen molar-refractivity contribution in [3.63, 3.8) is 0 Å². The molecule has 0 radical (unpaired) electrons. The number of fused-ring (bicyclic) bond motifs is 1. The molecule has 0 unspecified atom stereocenters. The van der Waals surface area contributed by atoms with Crippen molar-refractivity contribution < 1.29 is 14.4 Å². The summed E-state index contributed by atoms with van der Waals surface area (Å²) in [6.45, 7) is 4.06. The molecule has 0 bridgehead atoms. The molecule has 1 aliphatic rings. The van der Waals surface area contributed by atoms with Gasteiger partial charge < -0.3 is 25.4 Å². The number of carbonyl (C=O) groups excluding carboxylic acids is 3. The maximum Gasteiger partial charge on any atom is 0.244 e. The lowest BCUT2D eigenvalue weighted by Crippen LogP contribution is -2.55. The van der Waals surface area contributed by atoms with Crippen LogP contribution >= 0.6 is 0 Å². The van der Waals surface area contributed by atoms with Crippen LogP contribution in [0.25, 0.3) is 10.9 Å². The largest absolute Gasteiger partial charge is 0.346 e. The molecule has 2 atom stereocenters. The minimum Gasteiger partial charge on any atom is -0.346 e. The number of rotatable bonds is 7. The van der Waals surface area contributed by atoms with Gasteiger partial charge >= 0.3 is 0 Å². The Kier molecular flexibility index (Phi) is 7.22. The van der Waals surface area contributed by atoms with Crippen LogP contribution in [0.1, 0.15) is 24.9 Å². The van der Waals surface area contributed by atoms with E-state index in [0.29, 0.717) is 44.7 Å². The van der Waals surface area contributed by atoms with Crippen LogP contribution in [0.5, 0.6) is 0 Å². The highest BCUT2D eigenvalue weighted by Gasteiger charge is 2.28. The fourth-order valence-electron chi connectivity index (χ4n) is 4.22. The molecule has 2 aromatic heterocycles. The van der Waals surface area contributed by atoms with Crippen LogP contribution in [0.4, 0.5) is 0 Å². The molecular weight excluding hydrogens is 432 g/mol. The van der Waals surface area contributed by atoms with E-state index in [9.17, 15) is 14.4 Å². The predicted octanol–water partition coefficient (Wildman–Crippen LogP) is 1.30. The number of hydrogen-bond donors (Lipinski definition) is 2. The van der Waals surface area contributed by atoms with Crippen LogP contribution < -0.4 is 11.1 Å². The van der Waals surface area contributed by atoms with Crippen molar-refractivity contribution in [1.82, 2.24) is 24.7 Å². The first kappa shape index (κ1) is 23.4. The molecular formula is C25H30N6O3. The predicted molar refractivity (Wildman–Crippen MR) is 128 cm³/mol. The molecule has 9 heteroatoms. The zero-order chi connectivity index (χ0) is 24.1. The number of pyridine rings is 1. The third-order valence-electron chi connectivity index (χ3n) is 6.26. The summed E-state index contributed by atoms with van der Waals surface area (Å²) < 4.78 is 2.03. The summed E-state index contributed by atoms with van der Waals surface area (Å²) in [5.41, 5.74) is 7.72. The molecule has 34 heavy (non-hydrogen) atoms. The van der Waals surface area contributed by atoms with Crippen LogP contribution in [0.15, 0.2) is 61.1 Å². The van der Waals surface area contributed by atoms with Gasteiger partial charge in [0, 0.05) is 56.9 Å². The van der Waals surface area contributed by atoms with Gasteiger partial charge in [-0.05, 0) is 24.6 Å². The van der Waals surface area contributed by atoms with E-state index in [2.05, 4.69) is 10.3 Å². The Morgan fingerprint density at radius 3 is 2.47 bits per heavy atom. The molecule has 1 saturated heterocycles. The quantitative estimate of drug-likeness (QED) is 0.550. The molecule has 1 fully saturated rings. The van der Waals surface area contributed by atoms with E-state index in [1.165, 1.54) is 0 Å². The van der Waals surface area contributed by atoms with Gasteiger partial charge in [0.25, 0.3) is 0 Å². The number of benzene rings is 1. The number of aryl methyl sites for hydroxylation is 1. The smallest absolute Gasteiger partial charge is 0.244 e. The molecule has 4 rings (SSSR count). The number of aromatic nitrogens is 2. The Morgan fingerprint density at radius 1 is 1.03 bits per heavy atom. The van der Waals surface area contributed by atoms with E-state index >= 15 is 0 Å². The van der Waals surface area contributed by atoms with Crippen LogP contribution in [-0.4, -0.2) is 69.3 Å². The van der Waals surface area contributed by atoms with E-state index in [0.717, 1.165) is 10.9 Å². The van der Waals surface area contributed by atoms with Crippen LogP contribution in [0, 0.1) is 0 Å². The fraction of sp³-hybridized carbons (Fsp3) is 0.360. The van der Waals surface area contributed by atoms with Gasteiger partial charge in [0.2, 0.25) is 17.7 Å². The van der Waals surface area contributed by atoms with Crippen molar-refractivity contribution in [1.29, 1.82) is 0 Å². The highest BCUT2D eigenvalue weighted by atomic mass is 16.2. The fourth-order valence-corrected chi connectivity index (χ4v) is 4.22. The molecule has 3 heterocycles. The topological polar surface area (TPSA) is 114 Å². The molecule has 0 aliphatic carbocycles. The normalized spacial score (nSPS) is 15.7. The number of amides is 3. The van der Waals surface area contributed by atoms with Crippen LogP contribution in [0.2, 0.25) is 0 Å². The van der Waals surface area contributed by atoms with Gasteiger partial charge in [-0.1, -0.05) is 30.3 Å². The van der Waals surface area contributed by atoms with Gasteiger partial charge in [-0.25, -0.2) is 0 Å². The van der Waals surface area contributed by atoms with Crippen molar-refractivity contribution in [2.24, 2.45) is 5.73 Å². The highest BCUT2D eigenvalue weighted by Crippen LogP contribution is 2.15. The van der Waals surface area contributed by atoms with E-state index < -0.39 is 18.0 Å². The summed E-state index contributed by atoms with van der Waals surface area (Å²) in [4.78, 5) is 45.7. The van der Waals surface area contributed by atoms with Gasteiger partial charge in [0.05, 0.1) is 11.7 Å². The van der Waals surface area contributed by atoms with E-state index in [-0.39, 0.29) is 11.8 Å². The maximum atomic E-state index is 12.8. The lowest BCUT2D eigenvalue weighted by atomic mass is 10.1. The highest BCUT2D eigenvalue weighted by molar-refractivity contribution is 5.90. The third-order valence-corrected chi connectivity index (χ3v) is 6.26. The van der Waals surface area contributed by atoms with Crippen molar-refractivity contribution in [2.45, 2.75) is 32.0 Å². The van der Waals surface area contributed by atoms with Gasteiger partial charge in [0.15, 0.2) is 0 Å². The monoisotopic (exact) mass is 462 g/mol. The number of nitrogens with two attached hydrogens (primary N) is 1. The minimum absolute atomic E-state index is 0.0630. The van der Waals surface area contributed by atoms with Crippen molar-refractivity contribution >= 4 is 28.6 Å². The second-order valence-electron chi connectivity index (χ2n) is 8.52. The molecule has 3 N–H and O–H groups in total. The molecule has 1 aromatic carbocycles. The lowest BCUT2D eigenvalue weighted by molar-refractivity contribution is -0.141. The van der Waals surface area contributed by atoms with E-state index in [1.54, 1.807) is 41.2 Å². The van der Waals surface area contributed by atoms with Gasteiger partial charge in [0.1, 0.15) is 12.1 Å². The van der Waals surface area contributed by atoms with Crippen molar-refractivity contribution in [3.8, 4) is 0 Å². The number of nitrogens with one attached hydrogen (secondary N) is 1. The molecule has 0 spiro atoms. The van der Waals surface area contributed by atoms with E-state index in [4.69, 9.17) is 5.73 Å². The number of hydrogen-bond acceptors (Lipinski definition) is 5. The summed E-state index contributed by atoms with van der Waals surface area (Å²) in [7, 11) is 0. The van der Waals surface area contributed by atoms with Crippen molar-refractivity contribution in [2.75, 3.05) is 26.2 Å². The van der Waals surface area contributed by atoms with Gasteiger partial charge in [-0.15, -0.1) is 0 Å². The lowest BCUT2D eigenvalue weighted by Gasteiger charge is -2.36. The number of piperazine rings is 1. The zero-order valence-corrected chi connectivity index (χ0v) is 19.3. The second kappa shape index (κ2) is 10.5. The Morgan fingerprint density at radius 2 is 1.74 bits per heavy atom. The Bertz CT molecular complexity index is 1150. The van der Waals surface area contributed by atoms with Gasteiger partial charge in [-0.2, -0.15) is 0 Å². The van der Waals surface area contributed by atoms with Crippen LogP contribution in [-0.2, 0) is 20.9 Å². The molecule has 178 valence electrons. The summed E-state index contributed by atoms with van der Waals surface area (Å²) in [5.74, 6) is -0.506. The number of nitrogens with zero attached hydrogens (tertiary/aromatic N) is 4.